The van der Waals surface area contributed by atoms with E-state index >= 15 is 0 Å². The van der Waals surface area contributed by atoms with Crippen LogP contribution in [0.1, 0.15) is 12.5 Å². The lowest BCUT2D eigenvalue weighted by Crippen LogP contribution is -2.37. The highest BCUT2D eigenvalue weighted by Crippen LogP contribution is 2.17. The molecule has 0 aliphatic heterocycles. The van der Waals surface area contributed by atoms with Gasteiger partial charge in [0.15, 0.2) is 6.10 Å². The summed E-state index contributed by atoms with van der Waals surface area (Å²) in [5.41, 5.74) is 1.09. The topological polar surface area (TPSA) is 64.6 Å². The predicted octanol–water partition coefficient (Wildman–Crippen LogP) is 3.08. The fourth-order valence-corrected chi connectivity index (χ4v) is 2.91. The largest absolute Gasteiger partial charge is 0.497 e. The van der Waals surface area contributed by atoms with Crippen molar-refractivity contribution in [1.29, 1.82) is 0 Å². The lowest BCUT2D eigenvalue weighted by molar-refractivity contribution is -0.152. The molecule has 0 aromatic heterocycles. The zero-order chi connectivity index (χ0) is 18.8. The van der Waals surface area contributed by atoms with E-state index in [9.17, 15) is 9.59 Å². The highest BCUT2D eigenvalue weighted by Gasteiger charge is 2.17. The lowest BCUT2D eigenvalue weighted by atomic mass is 10.1. The Morgan fingerprint density at radius 2 is 1.77 bits per heavy atom. The number of esters is 1. The maximum Gasteiger partial charge on any atom is 0.317 e. The molecule has 0 saturated heterocycles. The Labute approximate surface area is 158 Å². The summed E-state index contributed by atoms with van der Waals surface area (Å²) in [6.45, 7) is 2.06. The van der Waals surface area contributed by atoms with Crippen LogP contribution in [0.3, 0.4) is 0 Å². The summed E-state index contributed by atoms with van der Waals surface area (Å²) >= 11 is 1.38. The van der Waals surface area contributed by atoms with Gasteiger partial charge in [-0.2, -0.15) is 0 Å². The normalized spacial score (nSPS) is 11.5. The zero-order valence-corrected chi connectivity index (χ0v) is 15.8. The third-order valence-corrected chi connectivity index (χ3v) is 4.63. The number of ether oxygens (including phenoxy) is 2. The van der Waals surface area contributed by atoms with Crippen molar-refractivity contribution < 1.29 is 19.1 Å². The van der Waals surface area contributed by atoms with Crippen LogP contribution in [-0.4, -0.2) is 37.4 Å². The summed E-state index contributed by atoms with van der Waals surface area (Å²) < 4.78 is 10.3. The van der Waals surface area contributed by atoms with Crippen LogP contribution >= 0.6 is 11.8 Å². The fraction of sp³-hybridized carbons (Fsp3) is 0.300. The molecule has 2 aromatic rings. The maximum atomic E-state index is 12.0. The summed E-state index contributed by atoms with van der Waals surface area (Å²) in [4.78, 5) is 24.9. The first-order chi connectivity index (χ1) is 12.6. The van der Waals surface area contributed by atoms with Crippen molar-refractivity contribution >= 4 is 23.6 Å². The van der Waals surface area contributed by atoms with Gasteiger partial charge >= 0.3 is 5.97 Å². The minimum atomic E-state index is -0.810. The molecular formula is C20H23NO4S. The van der Waals surface area contributed by atoms with Crippen molar-refractivity contribution in [3.8, 4) is 5.75 Å². The third kappa shape index (κ3) is 6.80. The molecule has 138 valence electrons. The van der Waals surface area contributed by atoms with Crippen LogP contribution in [-0.2, 0) is 20.7 Å². The molecule has 2 rings (SSSR count). The van der Waals surface area contributed by atoms with E-state index in [0.29, 0.717) is 13.0 Å². The van der Waals surface area contributed by atoms with Crippen LogP contribution in [0.2, 0.25) is 0 Å². The van der Waals surface area contributed by atoms with E-state index in [2.05, 4.69) is 5.32 Å². The Kier molecular flexibility index (Phi) is 8.02. The Hall–Kier alpha value is -2.47. The Morgan fingerprint density at radius 1 is 1.08 bits per heavy atom. The smallest absolute Gasteiger partial charge is 0.317 e. The Balaban J connectivity index is 1.66. The van der Waals surface area contributed by atoms with Crippen LogP contribution in [0.15, 0.2) is 59.5 Å². The second kappa shape index (κ2) is 10.5. The molecule has 0 saturated carbocycles. The molecule has 0 radical (unpaired) electrons. The Morgan fingerprint density at radius 3 is 2.42 bits per heavy atom. The van der Waals surface area contributed by atoms with Gasteiger partial charge in [0.25, 0.3) is 5.91 Å². The van der Waals surface area contributed by atoms with Gasteiger partial charge in [-0.05, 0) is 43.2 Å². The van der Waals surface area contributed by atoms with Gasteiger partial charge in [-0.1, -0.05) is 30.3 Å². The van der Waals surface area contributed by atoms with Gasteiger partial charge in [-0.25, -0.2) is 0 Å². The molecule has 0 fully saturated rings. The van der Waals surface area contributed by atoms with Crippen LogP contribution < -0.4 is 10.1 Å². The van der Waals surface area contributed by atoms with E-state index in [1.807, 2.05) is 54.6 Å². The number of methoxy groups -OCH3 is 1. The molecule has 0 heterocycles. The van der Waals surface area contributed by atoms with Gasteiger partial charge in [0, 0.05) is 11.4 Å². The number of hydrogen-bond acceptors (Lipinski definition) is 5. The minimum absolute atomic E-state index is 0.174. The second-order valence-corrected chi connectivity index (χ2v) is 6.67. The standard InChI is InChI=1S/C20H23NO4S/c1-15(25-19(22)14-26-18-6-4-3-5-7-18)20(23)21-13-12-16-8-10-17(24-2)11-9-16/h3-11,15H,12-14H2,1-2H3,(H,21,23)/t15-/m0/s1. The predicted molar refractivity (Wildman–Crippen MR) is 102 cm³/mol. The van der Waals surface area contributed by atoms with E-state index < -0.39 is 12.1 Å². The number of hydrogen-bond donors (Lipinski definition) is 1. The van der Waals surface area contributed by atoms with Gasteiger partial charge in [-0.15, -0.1) is 11.8 Å². The number of thioether (sulfide) groups is 1. The van der Waals surface area contributed by atoms with Crippen LogP contribution in [0, 0.1) is 0 Å². The average Bonchev–Trinajstić information content (AvgIpc) is 2.67. The first kappa shape index (κ1) is 19.8. The van der Waals surface area contributed by atoms with E-state index in [1.54, 1.807) is 14.0 Å². The number of amides is 1. The highest BCUT2D eigenvalue weighted by molar-refractivity contribution is 8.00. The molecule has 1 amide bonds. The first-order valence-corrected chi connectivity index (χ1v) is 9.35. The van der Waals surface area contributed by atoms with Crippen molar-refractivity contribution in [2.24, 2.45) is 0 Å². The molecule has 2 aromatic carbocycles. The number of benzene rings is 2. The van der Waals surface area contributed by atoms with E-state index in [0.717, 1.165) is 16.2 Å². The number of carbonyl (C=O) groups is 2. The molecule has 6 heteroatoms. The summed E-state index contributed by atoms with van der Waals surface area (Å²) in [6.07, 6.45) is -0.116. The average molecular weight is 373 g/mol. The SMILES string of the molecule is COc1ccc(CCNC(=O)[C@H](C)OC(=O)CSc2ccccc2)cc1. The molecule has 1 N–H and O–H groups in total. The molecule has 0 bridgehead atoms. The van der Waals surface area contributed by atoms with E-state index in [4.69, 9.17) is 9.47 Å². The van der Waals surface area contributed by atoms with E-state index in [-0.39, 0.29) is 11.7 Å². The van der Waals surface area contributed by atoms with Crippen LogP contribution in [0.4, 0.5) is 0 Å². The highest BCUT2D eigenvalue weighted by atomic mass is 32.2. The van der Waals surface area contributed by atoms with E-state index in [1.165, 1.54) is 11.8 Å². The molecular weight excluding hydrogens is 350 g/mol. The van der Waals surface area contributed by atoms with Crippen molar-refractivity contribution in [2.45, 2.75) is 24.3 Å². The number of nitrogens with one attached hydrogen (secondary N) is 1. The summed E-state index contributed by atoms with van der Waals surface area (Å²) in [5, 5.41) is 2.78. The summed E-state index contributed by atoms with van der Waals surface area (Å²) in [5.74, 6) is 0.271. The molecule has 0 spiro atoms. The molecule has 1 atom stereocenters. The fourth-order valence-electron chi connectivity index (χ4n) is 2.21. The number of carbonyl (C=O) groups excluding carboxylic acids is 2. The van der Waals surface area contributed by atoms with Gasteiger partial charge in [-0.3, -0.25) is 9.59 Å². The monoisotopic (exact) mass is 373 g/mol. The van der Waals surface area contributed by atoms with Crippen LogP contribution in [0.5, 0.6) is 5.75 Å². The molecule has 0 aliphatic carbocycles. The summed E-state index contributed by atoms with van der Waals surface area (Å²) in [7, 11) is 1.62. The van der Waals surface area contributed by atoms with Crippen LogP contribution in [0.25, 0.3) is 0 Å². The zero-order valence-electron chi connectivity index (χ0n) is 14.9. The molecule has 26 heavy (non-hydrogen) atoms. The molecule has 0 aliphatic rings. The minimum Gasteiger partial charge on any atom is -0.497 e. The van der Waals surface area contributed by atoms with Gasteiger partial charge in [0.05, 0.1) is 12.9 Å². The van der Waals surface area contributed by atoms with Gasteiger partial charge in [0.1, 0.15) is 5.75 Å². The maximum absolute atomic E-state index is 12.0. The van der Waals surface area contributed by atoms with Gasteiger partial charge < -0.3 is 14.8 Å². The van der Waals surface area contributed by atoms with Crippen molar-refractivity contribution in [3.05, 3.63) is 60.2 Å². The quantitative estimate of drug-likeness (QED) is 0.541. The number of rotatable bonds is 9. The van der Waals surface area contributed by atoms with Crippen molar-refractivity contribution in [1.82, 2.24) is 5.32 Å². The summed E-state index contributed by atoms with van der Waals surface area (Å²) in [6, 6.07) is 17.3. The molecule has 5 nitrogen and oxygen atoms in total. The van der Waals surface area contributed by atoms with Crippen molar-refractivity contribution in [2.75, 3.05) is 19.4 Å². The van der Waals surface area contributed by atoms with Gasteiger partial charge in [0.2, 0.25) is 0 Å². The second-order valence-electron chi connectivity index (χ2n) is 5.62. The van der Waals surface area contributed by atoms with Crippen molar-refractivity contribution in [3.63, 3.8) is 0 Å². The molecule has 0 unspecified atom stereocenters. The third-order valence-electron chi connectivity index (χ3n) is 3.65. The Bertz CT molecular complexity index is 704. The lowest BCUT2D eigenvalue weighted by Gasteiger charge is -2.13. The first-order valence-electron chi connectivity index (χ1n) is 8.36.